The van der Waals surface area contributed by atoms with Gasteiger partial charge in [0.05, 0.1) is 26.1 Å². The summed E-state index contributed by atoms with van der Waals surface area (Å²) in [6, 6.07) is 2.47. The third-order valence-electron chi connectivity index (χ3n) is 9.46. The van der Waals surface area contributed by atoms with Crippen LogP contribution < -0.4 is 14.4 Å². The standard InChI is InChI=1S/C30H23Cl2F5N2O7/c1-4-38-25(41)12-6-5-11-13(16(12)26(38)42)9-29(31)27(43)39(23-21(36)19(34)18(33)20(35)22(23)37)28(44)30(29,32)17(11)10-7-14(45-2)24(40)15(8-10)46-3/h5,7-8,12-13,16-17,40H,4,6,9H2,1-3H3. The van der Waals surface area contributed by atoms with Gasteiger partial charge in [0, 0.05) is 12.5 Å². The highest BCUT2D eigenvalue weighted by atomic mass is 35.5. The van der Waals surface area contributed by atoms with E-state index in [4.69, 9.17) is 32.7 Å². The molecule has 2 heterocycles. The predicted octanol–water partition coefficient (Wildman–Crippen LogP) is 4.69. The van der Waals surface area contributed by atoms with E-state index in [-0.39, 0.29) is 40.5 Å². The van der Waals surface area contributed by atoms with Crippen LogP contribution in [0.15, 0.2) is 23.8 Å². The molecule has 9 nitrogen and oxygen atoms in total. The highest BCUT2D eigenvalue weighted by Gasteiger charge is 2.77. The van der Waals surface area contributed by atoms with Crippen molar-refractivity contribution in [2.24, 2.45) is 17.8 Å². The van der Waals surface area contributed by atoms with E-state index in [1.54, 1.807) is 13.0 Å². The number of nitrogens with zero attached hydrogens (tertiary/aromatic N) is 2. The van der Waals surface area contributed by atoms with Gasteiger partial charge >= 0.3 is 0 Å². The van der Waals surface area contributed by atoms with Gasteiger partial charge in [0.15, 0.2) is 44.5 Å². The number of hydrogen-bond donors (Lipinski definition) is 1. The number of carbonyl (C=O) groups is 4. The zero-order valence-electron chi connectivity index (χ0n) is 24.1. The molecule has 2 aliphatic heterocycles. The van der Waals surface area contributed by atoms with E-state index in [2.05, 4.69) is 0 Å². The van der Waals surface area contributed by atoms with Gasteiger partial charge in [-0.2, -0.15) is 0 Å². The second kappa shape index (κ2) is 10.6. The van der Waals surface area contributed by atoms with Crippen LogP contribution in [0.1, 0.15) is 31.2 Å². The number of methoxy groups -OCH3 is 2. The summed E-state index contributed by atoms with van der Waals surface area (Å²) in [4.78, 5) is 50.6. The number of carbonyl (C=O) groups excluding carboxylic acids is 4. The van der Waals surface area contributed by atoms with Crippen LogP contribution >= 0.6 is 23.2 Å². The highest BCUT2D eigenvalue weighted by Crippen LogP contribution is 2.66. The zero-order chi connectivity index (χ0) is 33.8. The van der Waals surface area contributed by atoms with Crippen molar-refractivity contribution >= 4 is 52.5 Å². The molecule has 2 saturated heterocycles. The molecular weight excluding hydrogens is 666 g/mol. The lowest BCUT2D eigenvalue weighted by Gasteiger charge is -2.50. The minimum Gasteiger partial charge on any atom is -0.502 e. The number of allylic oxidation sites excluding steroid dienone is 2. The summed E-state index contributed by atoms with van der Waals surface area (Å²) in [6.45, 7) is 1.63. The Hall–Kier alpha value is -3.91. The number of fused-ring (bicyclic) bond motifs is 4. The van der Waals surface area contributed by atoms with Crippen molar-refractivity contribution < 1.29 is 55.7 Å². The number of halogens is 7. The number of phenolic OH excluding ortho intramolecular Hbond substituents is 1. The highest BCUT2D eigenvalue weighted by molar-refractivity contribution is 6.58. The number of rotatable bonds is 5. The van der Waals surface area contributed by atoms with Gasteiger partial charge in [-0.15, -0.1) is 23.2 Å². The number of hydrogen-bond acceptors (Lipinski definition) is 7. The largest absolute Gasteiger partial charge is 0.502 e. The first-order valence-electron chi connectivity index (χ1n) is 13.9. The van der Waals surface area contributed by atoms with Crippen LogP contribution in [-0.4, -0.2) is 64.1 Å². The van der Waals surface area contributed by atoms with E-state index in [0.717, 1.165) is 4.90 Å². The first-order chi connectivity index (χ1) is 21.6. The summed E-state index contributed by atoms with van der Waals surface area (Å²) in [5, 5.41) is 10.6. The van der Waals surface area contributed by atoms with Crippen molar-refractivity contribution in [3.05, 3.63) is 58.4 Å². The van der Waals surface area contributed by atoms with Crippen molar-refractivity contribution in [3.8, 4) is 17.2 Å². The number of anilines is 1. The number of ether oxygens (including phenoxy) is 2. The Kier molecular flexibility index (Phi) is 7.36. The maximum atomic E-state index is 15.1. The third-order valence-corrected chi connectivity index (χ3v) is 10.9. The number of likely N-dealkylation sites (tertiary alicyclic amines) is 1. The lowest BCUT2D eigenvalue weighted by atomic mass is 9.56. The molecule has 0 aromatic heterocycles. The van der Waals surface area contributed by atoms with Crippen LogP contribution in [0.5, 0.6) is 17.2 Å². The van der Waals surface area contributed by atoms with Crippen molar-refractivity contribution in [3.63, 3.8) is 0 Å². The molecule has 3 fully saturated rings. The lowest BCUT2D eigenvalue weighted by Crippen LogP contribution is -2.60. The summed E-state index contributed by atoms with van der Waals surface area (Å²) in [6.07, 6.45) is 0.944. The van der Waals surface area contributed by atoms with Crippen LogP contribution in [0, 0.1) is 46.8 Å². The minimum atomic E-state index is -2.72. The molecule has 0 spiro atoms. The fraction of sp³-hybridized carbons (Fsp3) is 0.400. The molecule has 2 aromatic rings. The quantitative estimate of drug-likeness (QED) is 0.121. The Bertz CT molecular complexity index is 1750. The molecule has 2 aromatic carbocycles. The number of phenols is 1. The average molecular weight is 689 g/mol. The molecule has 1 saturated carbocycles. The van der Waals surface area contributed by atoms with Gasteiger partial charge in [-0.25, -0.2) is 26.9 Å². The molecule has 6 unspecified atom stereocenters. The number of amides is 4. The Morgan fingerprint density at radius 3 is 1.93 bits per heavy atom. The Morgan fingerprint density at radius 1 is 0.870 bits per heavy atom. The smallest absolute Gasteiger partial charge is 0.258 e. The van der Waals surface area contributed by atoms with Crippen molar-refractivity contribution in [2.45, 2.75) is 35.4 Å². The SMILES string of the molecule is CCN1C(=O)C2CC=C3C(CC4(Cl)C(=O)N(c5c(F)c(F)c(F)c(F)c5F)C(=O)C4(Cl)C3c3cc(OC)c(O)c(OC)c3)C2C1=O. The van der Waals surface area contributed by atoms with Crippen molar-refractivity contribution in [2.75, 3.05) is 25.7 Å². The first kappa shape index (κ1) is 32.0. The van der Waals surface area contributed by atoms with Gasteiger partial charge in [-0.3, -0.25) is 24.1 Å². The van der Waals surface area contributed by atoms with Crippen LogP contribution in [0.4, 0.5) is 27.6 Å². The van der Waals surface area contributed by atoms with Gasteiger partial charge in [0.1, 0.15) is 5.69 Å². The summed E-state index contributed by atoms with van der Waals surface area (Å²) < 4.78 is 83.4. The van der Waals surface area contributed by atoms with Gasteiger partial charge < -0.3 is 14.6 Å². The molecular formula is C30H23Cl2F5N2O7. The second-order valence-electron chi connectivity index (χ2n) is 11.4. The molecule has 1 N–H and O–H groups in total. The predicted molar refractivity (Wildman–Crippen MR) is 150 cm³/mol. The molecule has 46 heavy (non-hydrogen) atoms. The van der Waals surface area contributed by atoms with Crippen LogP contribution in [0.25, 0.3) is 0 Å². The van der Waals surface area contributed by atoms with Crippen LogP contribution in [-0.2, 0) is 19.2 Å². The van der Waals surface area contributed by atoms with Crippen molar-refractivity contribution in [1.82, 2.24) is 4.90 Å². The molecule has 0 bridgehead atoms. The molecule has 6 atom stereocenters. The van der Waals surface area contributed by atoms with Crippen molar-refractivity contribution in [1.29, 1.82) is 0 Å². The molecule has 16 heteroatoms. The average Bonchev–Trinajstić information content (AvgIpc) is 3.37. The number of imide groups is 2. The fourth-order valence-electron chi connectivity index (χ4n) is 7.40. The third kappa shape index (κ3) is 3.79. The number of alkyl halides is 2. The number of aromatic hydroxyl groups is 1. The fourth-order valence-corrected chi connectivity index (χ4v) is 8.33. The first-order valence-corrected chi connectivity index (χ1v) is 14.7. The maximum Gasteiger partial charge on any atom is 0.258 e. The summed E-state index contributed by atoms with van der Waals surface area (Å²) in [5.74, 6) is -22.0. The van der Waals surface area contributed by atoms with E-state index in [0.29, 0.717) is 0 Å². The van der Waals surface area contributed by atoms with E-state index >= 15 is 8.78 Å². The van der Waals surface area contributed by atoms with Crippen LogP contribution in [0.3, 0.4) is 0 Å². The maximum absolute atomic E-state index is 15.1. The minimum absolute atomic E-state index is 0.00612. The van der Waals surface area contributed by atoms with E-state index < -0.39 is 104 Å². The topological polar surface area (TPSA) is 113 Å². The van der Waals surface area contributed by atoms with E-state index in [9.17, 15) is 37.5 Å². The van der Waals surface area contributed by atoms with Gasteiger partial charge in [-0.05, 0) is 43.4 Å². The van der Waals surface area contributed by atoms with E-state index in [1.165, 1.54) is 26.4 Å². The molecule has 4 aliphatic rings. The molecule has 0 radical (unpaired) electrons. The second-order valence-corrected chi connectivity index (χ2v) is 12.6. The Morgan fingerprint density at radius 2 is 1.41 bits per heavy atom. The molecule has 6 rings (SSSR count). The normalized spacial score (nSPS) is 30.3. The lowest BCUT2D eigenvalue weighted by molar-refractivity contribution is -0.140. The summed E-state index contributed by atoms with van der Waals surface area (Å²) in [7, 11) is 2.40. The van der Waals surface area contributed by atoms with E-state index in [1.807, 2.05) is 0 Å². The monoisotopic (exact) mass is 688 g/mol. The van der Waals surface area contributed by atoms with Gasteiger partial charge in [0.2, 0.25) is 23.4 Å². The number of benzene rings is 2. The van der Waals surface area contributed by atoms with Crippen LogP contribution in [0.2, 0.25) is 0 Å². The Balaban J connectivity index is 1.64. The molecule has 2 aliphatic carbocycles. The molecule has 244 valence electrons. The summed E-state index contributed by atoms with van der Waals surface area (Å²) in [5.41, 5.74) is -1.60. The molecule has 4 amide bonds. The zero-order valence-corrected chi connectivity index (χ0v) is 25.6. The Labute approximate surface area is 267 Å². The van der Waals surface area contributed by atoms with Gasteiger partial charge in [0.25, 0.3) is 11.8 Å². The van der Waals surface area contributed by atoms with Gasteiger partial charge in [-0.1, -0.05) is 11.6 Å². The summed E-state index contributed by atoms with van der Waals surface area (Å²) >= 11 is 14.1.